The molecule has 0 aliphatic rings. The van der Waals surface area contributed by atoms with E-state index in [4.69, 9.17) is 4.74 Å². The van der Waals surface area contributed by atoms with Crippen molar-refractivity contribution < 1.29 is 9.53 Å². The van der Waals surface area contributed by atoms with Gasteiger partial charge in [0.15, 0.2) is 0 Å². The smallest absolute Gasteiger partial charge is 0.346 e. The van der Waals surface area contributed by atoms with Crippen LogP contribution in [-0.2, 0) is 24.4 Å². The lowest BCUT2D eigenvalue weighted by molar-refractivity contribution is -0.122. The van der Waals surface area contributed by atoms with Crippen molar-refractivity contribution in [1.29, 1.82) is 0 Å². The fourth-order valence-electron chi connectivity index (χ4n) is 2.78. The second-order valence-electron chi connectivity index (χ2n) is 6.19. The lowest BCUT2D eigenvalue weighted by atomic mass is 10.2. The first kappa shape index (κ1) is 18.4. The molecule has 0 radical (unpaired) electrons. The average Bonchev–Trinajstić information content (AvgIpc) is 2.95. The van der Waals surface area contributed by atoms with Crippen molar-refractivity contribution in [3.63, 3.8) is 0 Å². The van der Waals surface area contributed by atoms with E-state index in [0.717, 1.165) is 16.9 Å². The van der Waals surface area contributed by atoms with Gasteiger partial charge in [-0.2, -0.15) is 5.10 Å². The summed E-state index contributed by atoms with van der Waals surface area (Å²) >= 11 is 0. The molecule has 3 aromatic rings. The maximum atomic E-state index is 12.6. The van der Waals surface area contributed by atoms with E-state index in [1.165, 1.54) is 4.68 Å². The third kappa shape index (κ3) is 4.63. The first-order chi connectivity index (χ1) is 13.1. The Labute approximate surface area is 157 Å². The molecule has 0 aliphatic heterocycles. The van der Waals surface area contributed by atoms with Crippen LogP contribution in [0.25, 0.3) is 0 Å². The highest BCUT2D eigenvalue weighted by molar-refractivity contribution is 5.75. The fraction of sp³-hybridized carbons (Fsp3) is 0.250. The molecule has 0 unspecified atom stereocenters. The summed E-state index contributed by atoms with van der Waals surface area (Å²) in [5.74, 6) is 1.03. The van der Waals surface area contributed by atoms with Gasteiger partial charge in [0.25, 0.3) is 0 Å². The van der Waals surface area contributed by atoms with E-state index in [9.17, 15) is 9.59 Å². The van der Waals surface area contributed by atoms with Crippen molar-refractivity contribution in [1.82, 2.24) is 19.7 Å². The molecular weight excluding hydrogens is 344 g/mol. The summed E-state index contributed by atoms with van der Waals surface area (Å²) in [5.41, 5.74) is 1.62. The van der Waals surface area contributed by atoms with Crippen LogP contribution in [0.4, 0.5) is 0 Å². The molecule has 1 heterocycles. The van der Waals surface area contributed by atoms with Gasteiger partial charge < -0.3 is 10.1 Å². The average molecular weight is 366 g/mol. The molecule has 27 heavy (non-hydrogen) atoms. The minimum absolute atomic E-state index is 0.120. The van der Waals surface area contributed by atoms with Crippen molar-refractivity contribution in [2.45, 2.75) is 26.6 Å². The van der Waals surface area contributed by atoms with Gasteiger partial charge in [0, 0.05) is 6.54 Å². The van der Waals surface area contributed by atoms with Gasteiger partial charge in [-0.15, -0.1) is 0 Å². The second kappa shape index (κ2) is 8.35. The number of methoxy groups -OCH3 is 1. The number of hydrogen-bond acceptors (Lipinski definition) is 4. The number of rotatable bonds is 7. The quantitative estimate of drug-likeness (QED) is 0.691. The molecule has 2 aromatic carbocycles. The summed E-state index contributed by atoms with van der Waals surface area (Å²) in [6, 6.07) is 17.1. The molecule has 1 amide bonds. The number of nitrogens with one attached hydrogen (secondary N) is 1. The summed E-state index contributed by atoms with van der Waals surface area (Å²) < 4.78 is 7.92. The number of carbonyl (C=O) groups excluding carboxylic acids is 1. The zero-order valence-corrected chi connectivity index (χ0v) is 15.4. The molecule has 0 saturated carbocycles. The molecular formula is C20H22N4O3. The standard InChI is InChI=1S/C20H22N4O3/c1-15-22-24(20(26)23(15)13-16-7-4-3-5-8-16)14-19(25)21-12-17-9-6-10-18(11-17)27-2/h3-11H,12-14H2,1-2H3,(H,21,25). The van der Waals surface area contributed by atoms with E-state index in [0.29, 0.717) is 18.9 Å². The molecule has 1 aromatic heterocycles. The highest BCUT2D eigenvalue weighted by atomic mass is 16.5. The summed E-state index contributed by atoms with van der Waals surface area (Å²) in [5, 5.41) is 7.02. The minimum Gasteiger partial charge on any atom is -0.497 e. The monoisotopic (exact) mass is 366 g/mol. The summed E-state index contributed by atoms with van der Waals surface area (Å²) in [4.78, 5) is 24.8. The Balaban J connectivity index is 1.64. The molecule has 0 saturated heterocycles. The van der Waals surface area contributed by atoms with Gasteiger partial charge in [-0.1, -0.05) is 42.5 Å². The van der Waals surface area contributed by atoms with Crippen molar-refractivity contribution in [2.75, 3.05) is 7.11 Å². The van der Waals surface area contributed by atoms with Crippen molar-refractivity contribution in [2.24, 2.45) is 0 Å². The van der Waals surface area contributed by atoms with Crippen LogP contribution in [0.5, 0.6) is 5.75 Å². The molecule has 0 fully saturated rings. The van der Waals surface area contributed by atoms with Gasteiger partial charge in [0.05, 0.1) is 13.7 Å². The SMILES string of the molecule is COc1cccc(CNC(=O)Cn2nc(C)n(Cc3ccccc3)c2=O)c1. The number of aromatic nitrogens is 3. The molecule has 0 spiro atoms. The lowest BCUT2D eigenvalue weighted by Crippen LogP contribution is -2.33. The number of amides is 1. The normalized spacial score (nSPS) is 10.6. The molecule has 7 heteroatoms. The highest BCUT2D eigenvalue weighted by Gasteiger charge is 2.13. The maximum Gasteiger partial charge on any atom is 0.346 e. The fourth-order valence-corrected chi connectivity index (χ4v) is 2.78. The number of ether oxygens (including phenoxy) is 1. The van der Waals surface area contributed by atoms with E-state index in [2.05, 4.69) is 10.4 Å². The maximum absolute atomic E-state index is 12.6. The van der Waals surface area contributed by atoms with Crippen molar-refractivity contribution in [3.8, 4) is 5.75 Å². The molecule has 0 atom stereocenters. The van der Waals surface area contributed by atoms with Crippen LogP contribution in [0.1, 0.15) is 17.0 Å². The van der Waals surface area contributed by atoms with Crippen LogP contribution in [0, 0.1) is 6.92 Å². The van der Waals surface area contributed by atoms with E-state index in [1.54, 1.807) is 18.6 Å². The first-order valence-corrected chi connectivity index (χ1v) is 8.64. The Morgan fingerprint density at radius 3 is 2.59 bits per heavy atom. The Morgan fingerprint density at radius 2 is 1.85 bits per heavy atom. The summed E-state index contributed by atoms with van der Waals surface area (Å²) in [6.45, 7) is 2.42. The van der Waals surface area contributed by atoms with Crippen molar-refractivity contribution in [3.05, 3.63) is 82.0 Å². The lowest BCUT2D eigenvalue weighted by Gasteiger charge is -2.06. The van der Waals surface area contributed by atoms with Gasteiger partial charge >= 0.3 is 5.69 Å². The van der Waals surface area contributed by atoms with E-state index in [-0.39, 0.29) is 18.1 Å². The van der Waals surface area contributed by atoms with Crippen LogP contribution in [0.2, 0.25) is 0 Å². The van der Waals surface area contributed by atoms with Crippen LogP contribution < -0.4 is 15.7 Å². The number of carbonyl (C=O) groups is 1. The third-order valence-corrected chi connectivity index (χ3v) is 4.21. The largest absolute Gasteiger partial charge is 0.497 e. The first-order valence-electron chi connectivity index (χ1n) is 8.64. The van der Waals surface area contributed by atoms with Gasteiger partial charge in [0.1, 0.15) is 18.1 Å². The van der Waals surface area contributed by atoms with Crippen LogP contribution in [0.3, 0.4) is 0 Å². The number of benzene rings is 2. The predicted molar refractivity (Wildman–Crippen MR) is 102 cm³/mol. The van der Waals surface area contributed by atoms with Crippen LogP contribution in [0.15, 0.2) is 59.4 Å². The van der Waals surface area contributed by atoms with E-state index < -0.39 is 0 Å². The van der Waals surface area contributed by atoms with Crippen molar-refractivity contribution >= 4 is 5.91 Å². The predicted octanol–water partition coefficient (Wildman–Crippen LogP) is 1.73. The number of nitrogens with zero attached hydrogens (tertiary/aromatic N) is 3. The highest BCUT2D eigenvalue weighted by Crippen LogP contribution is 2.12. The Bertz CT molecular complexity index is 976. The Kier molecular flexibility index (Phi) is 5.71. The molecule has 7 nitrogen and oxygen atoms in total. The molecule has 3 rings (SSSR count). The number of hydrogen-bond donors (Lipinski definition) is 1. The van der Waals surface area contributed by atoms with Gasteiger partial charge in [0.2, 0.25) is 5.91 Å². The molecule has 0 aliphatic carbocycles. The molecule has 0 bridgehead atoms. The molecule has 1 N–H and O–H groups in total. The number of aryl methyl sites for hydroxylation is 1. The topological polar surface area (TPSA) is 78.2 Å². The Morgan fingerprint density at radius 1 is 1.11 bits per heavy atom. The molecule has 140 valence electrons. The van der Waals surface area contributed by atoms with Crippen LogP contribution >= 0.6 is 0 Å². The Hall–Kier alpha value is -3.35. The summed E-state index contributed by atoms with van der Waals surface area (Å²) in [6.07, 6.45) is 0. The minimum atomic E-state index is -0.298. The third-order valence-electron chi connectivity index (χ3n) is 4.21. The van der Waals surface area contributed by atoms with E-state index >= 15 is 0 Å². The van der Waals surface area contributed by atoms with E-state index in [1.807, 2.05) is 54.6 Å². The second-order valence-corrected chi connectivity index (χ2v) is 6.19. The summed E-state index contributed by atoms with van der Waals surface area (Å²) in [7, 11) is 1.60. The van der Waals surface area contributed by atoms with Gasteiger partial charge in [-0.25, -0.2) is 9.48 Å². The zero-order chi connectivity index (χ0) is 19.2. The van der Waals surface area contributed by atoms with Gasteiger partial charge in [-0.3, -0.25) is 9.36 Å². The zero-order valence-electron chi connectivity index (χ0n) is 15.4. The van der Waals surface area contributed by atoms with Gasteiger partial charge in [-0.05, 0) is 30.2 Å². The van der Waals surface area contributed by atoms with Crippen LogP contribution in [-0.4, -0.2) is 27.4 Å².